The first-order valence-electron chi connectivity index (χ1n) is 11.3. The van der Waals surface area contributed by atoms with E-state index in [-0.39, 0.29) is 0 Å². The van der Waals surface area contributed by atoms with Gasteiger partial charge in [0.2, 0.25) is 0 Å². The molecule has 0 radical (unpaired) electrons. The summed E-state index contributed by atoms with van der Waals surface area (Å²) in [5.41, 5.74) is 0. The molecule has 0 bridgehead atoms. The Kier molecular flexibility index (Phi) is 15.6. The minimum absolute atomic E-state index is 1.37. The Morgan fingerprint density at radius 3 is 1.04 bits per heavy atom. The molecule has 148 valence electrons. The second-order valence-corrected chi connectivity index (χ2v) is 20.1. The van der Waals surface area contributed by atoms with Crippen molar-refractivity contribution in [3.05, 3.63) is 0 Å². The first-order valence-corrected chi connectivity index (χ1v) is 16.3. The van der Waals surface area contributed by atoms with E-state index < -0.39 is 5.31 Å². The average molecular weight is 424 g/mol. The van der Waals surface area contributed by atoms with Gasteiger partial charge in [-0.3, -0.25) is 0 Å². The fraction of sp³-hybridized carbons (Fsp3) is 1.00. The summed E-state index contributed by atoms with van der Waals surface area (Å²) >= 11 is 4.26. The molecule has 0 saturated carbocycles. The molecule has 0 N–H and O–H groups in total. The predicted molar refractivity (Wildman–Crippen MR) is 123 cm³/mol. The van der Waals surface area contributed by atoms with Gasteiger partial charge >= 0.3 is 137 Å². The Morgan fingerprint density at radius 2 is 0.750 bits per heavy atom. The Bertz CT molecular complexity index is 262. The zero-order chi connectivity index (χ0) is 18.2. The maximum absolute atomic E-state index is 4.26. The fourth-order valence-electron chi connectivity index (χ4n) is 3.85. The van der Waals surface area contributed by atoms with Crippen molar-refractivity contribution >= 4 is 20.8 Å². The molecule has 2 heteroatoms. The molecule has 0 aliphatic rings. The fourth-order valence-corrected chi connectivity index (χ4v) is 7.90. The number of rotatable bonds is 18. The van der Waals surface area contributed by atoms with E-state index in [1.807, 2.05) is 0 Å². The van der Waals surface area contributed by atoms with E-state index in [9.17, 15) is 0 Å². The second-order valence-electron chi connectivity index (χ2n) is 8.09. The Balaban J connectivity index is 3.40. The van der Waals surface area contributed by atoms with E-state index in [0.29, 0.717) is 0 Å². The molecule has 0 atom stereocenters. The molecule has 0 aromatic carbocycles. The van der Waals surface area contributed by atoms with Crippen LogP contribution in [-0.4, -0.2) is 24.6 Å². The summed E-state index contributed by atoms with van der Waals surface area (Å²) < 4.78 is 0. The van der Waals surface area contributed by atoms with E-state index >= 15 is 0 Å². The van der Waals surface area contributed by atoms with Gasteiger partial charge in [0, 0.05) is 0 Å². The van der Waals surface area contributed by atoms with Crippen molar-refractivity contribution in [3.63, 3.8) is 0 Å². The van der Waals surface area contributed by atoms with Gasteiger partial charge in [0.1, 0.15) is 0 Å². The standard InChI is InChI=1S/C22H48BrP/c1-5-9-10-11-12-13-14-15-16-17-18-19-20-21-22-24(23,6-2,7-3)8-4/h5-22H2,1-4H3. The molecule has 0 unspecified atom stereocenters. The van der Waals surface area contributed by atoms with Crippen molar-refractivity contribution in [2.75, 3.05) is 24.6 Å². The van der Waals surface area contributed by atoms with Gasteiger partial charge in [-0.05, 0) is 0 Å². The van der Waals surface area contributed by atoms with E-state index in [4.69, 9.17) is 0 Å². The molecule has 0 rings (SSSR count). The van der Waals surface area contributed by atoms with Crippen LogP contribution in [0.2, 0.25) is 0 Å². The van der Waals surface area contributed by atoms with Gasteiger partial charge in [-0.15, -0.1) is 0 Å². The van der Waals surface area contributed by atoms with Crippen LogP contribution in [0.4, 0.5) is 0 Å². The zero-order valence-corrected chi connectivity index (χ0v) is 20.0. The van der Waals surface area contributed by atoms with Crippen molar-refractivity contribution in [2.45, 2.75) is 118 Å². The SMILES string of the molecule is CCCCCCCCCCCCCCCCP(Br)(CC)(CC)CC. The zero-order valence-electron chi connectivity index (χ0n) is 17.6. The third kappa shape index (κ3) is 11.5. The van der Waals surface area contributed by atoms with Gasteiger partial charge in [0.15, 0.2) is 0 Å². The molecule has 0 aliphatic heterocycles. The van der Waals surface area contributed by atoms with Crippen LogP contribution in [-0.2, 0) is 0 Å². The molecular weight excluding hydrogens is 375 g/mol. The number of hydrogen-bond acceptors (Lipinski definition) is 0. The molecule has 0 aromatic heterocycles. The number of hydrogen-bond donors (Lipinski definition) is 0. The first-order chi connectivity index (χ1) is 11.5. The molecule has 0 nitrogen and oxygen atoms in total. The Labute approximate surface area is 163 Å². The van der Waals surface area contributed by atoms with Gasteiger partial charge in [0.05, 0.1) is 0 Å². The summed E-state index contributed by atoms with van der Waals surface area (Å²) in [4.78, 5) is 0. The maximum atomic E-state index is 4.26. The van der Waals surface area contributed by atoms with E-state index in [1.54, 1.807) is 0 Å². The van der Waals surface area contributed by atoms with E-state index in [2.05, 4.69) is 43.2 Å². The van der Waals surface area contributed by atoms with Crippen LogP contribution in [0.3, 0.4) is 0 Å². The van der Waals surface area contributed by atoms with Gasteiger partial charge in [-0.1, -0.05) is 26.2 Å². The summed E-state index contributed by atoms with van der Waals surface area (Å²) in [6.07, 6.45) is 26.1. The first kappa shape index (κ1) is 24.9. The van der Waals surface area contributed by atoms with Crippen molar-refractivity contribution in [3.8, 4) is 0 Å². The van der Waals surface area contributed by atoms with Crippen LogP contribution < -0.4 is 0 Å². The van der Waals surface area contributed by atoms with E-state index in [0.717, 1.165) is 0 Å². The van der Waals surface area contributed by atoms with Gasteiger partial charge in [-0.25, -0.2) is 0 Å². The van der Waals surface area contributed by atoms with Crippen LogP contribution in [0.1, 0.15) is 118 Å². The molecule has 0 fully saturated rings. The summed E-state index contributed by atoms with van der Waals surface area (Å²) in [7, 11) is 0. The molecule has 0 spiro atoms. The van der Waals surface area contributed by atoms with Gasteiger partial charge in [0.25, 0.3) is 0 Å². The van der Waals surface area contributed by atoms with Crippen LogP contribution in [0.25, 0.3) is 0 Å². The monoisotopic (exact) mass is 422 g/mol. The average Bonchev–Trinajstić information content (AvgIpc) is 2.62. The molecule has 24 heavy (non-hydrogen) atoms. The number of unbranched alkanes of at least 4 members (excludes halogenated alkanes) is 13. The minimum atomic E-state index is -1.48. The quantitative estimate of drug-likeness (QED) is 0.152. The van der Waals surface area contributed by atoms with Crippen LogP contribution >= 0.6 is 20.8 Å². The summed E-state index contributed by atoms with van der Waals surface area (Å²) in [6, 6.07) is 0. The van der Waals surface area contributed by atoms with Crippen LogP contribution in [0, 0.1) is 0 Å². The van der Waals surface area contributed by atoms with Crippen LogP contribution in [0.15, 0.2) is 0 Å². The molecule has 0 saturated heterocycles. The van der Waals surface area contributed by atoms with Crippen molar-refractivity contribution in [1.29, 1.82) is 0 Å². The molecule has 0 aliphatic carbocycles. The van der Waals surface area contributed by atoms with Gasteiger partial charge < -0.3 is 0 Å². The molecule has 0 amide bonds. The number of halogens is 1. The molecule has 0 heterocycles. The molecular formula is C22H48BrP. The summed E-state index contributed by atoms with van der Waals surface area (Å²) in [5.74, 6) is 0. The molecule has 0 aromatic rings. The predicted octanol–water partition coefficient (Wildman–Crippen LogP) is 9.39. The summed E-state index contributed by atoms with van der Waals surface area (Å²) in [6.45, 7) is 9.52. The summed E-state index contributed by atoms with van der Waals surface area (Å²) in [5, 5.41) is -1.48. The van der Waals surface area contributed by atoms with Gasteiger partial charge in [-0.2, -0.15) is 0 Å². The van der Waals surface area contributed by atoms with Crippen molar-refractivity contribution in [2.24, 2.45) is 0 Å². The van der Waals surface area contributed by atoms with E-state index in [1.165, 1.54) is 115 Å². The van der Waals surface area contributed by atoms with Crippen molar-refractivity contribution < 1.29 is 0 Å². The second kappa shape index (κ2) is 15.0. The third-order valence-electron chi connectivity index (χ3n) is 6.44. The Morgan fingerprint density at radius 1 is 0.458 bits per heavy atom. The van der Waals surface area contributed by atoms with Crippen LogP contribution in [0.5, 0.6) is 0 Å². The normalized spacial score (nSPS) is 13.8. The third-order valence-corrected chi connectivity index (χ3v) is 18.2. The van der Waals surface area contributed by atoms with Crippen molar-refractivity contribution in [1.82, 2.24) is 0 Å². The Hall–Kier alpha value is 0.910. The topological polar surface area (TPSA) is 0 Å².